The number of aromatic nitrogens is 3. The third kappa shape index (κ3) is 1.68. The Morgan fingerprint density at radius 2 is 2.05 bits per heavy atom. The molecule has 3 rings (SSSR count). The van der Waals surface area contributed by atoms with Gasteiger partial charge in [0.2, 0.25) is 5.78 Å². The fourth-order valence-electron chi connectivity index (χ4n) is 2.08. The second-order valence-corrected chi connectivity index (χ2v) is 4.13. The van der Waals surface area contributed by atoms with Crippen LogP contribution in [0, 0.1) is 5.82 Å². The number of carbonyl (C=O) groups excluding carboxylic acids is 1. The van der Waals surface area contributed by atoms with Crippen LogP contribution in [0.2, 0.25) is 0 Å². The smallest absolute Gasteiger partial charge is 0.354 e. The molecule has 1 aromatic carbocycles. The van der Waals surface area contributed by atoms with E-state index in [9.17, 15) is 14.0 Å². The van der Waals surface area contributed by atoms with E-state index < -0.39 is 17.6 Å². The first-order chi connectivity index (χ1) is 9.59. The van der Waals surface area contributed by atoms with Gasteiger partial charge in [0, 0.05) is 17.1 Å². The molecule has 0 fully saturated rings. The Morgan fingerprint density at radius 3 is 2.80 bits per heavy atom. The number of rotatable bonds is 3. The second kappa shape index (κ2) is 4.30. The molecule has 0 aliphatic carbocycles. The summed E-state index contributed by atoms with van der Waals surface area (Å²) in [5.41, 5.74) is -0.0594. The standard InChI is InChI=1S/C13H8FN3O3/c14-7-2-1-3-8-9(7)6(4-15-8)12(18)10-11(13(19)20)17-5-16-10/h1-5,15H,(H,16,17)(H,19,20). The minimum atomic E-state index is -1.30. The fourth-order valence-corrected chi connectivity index (χ4v) is 2.08. The number of carbonyl (C=O) groups is 2. The lowest BCUT2D eigenvalue weighted by atomic mass is 10.1. The van der Waals surface area contributed by atoms with E-state index in [4.69, 9.17) is 5.11 Å². The number of aromatic amines is 2. The number of nitrogens with zero attached hydrogens (tertiary/aromatic N) is 1. The molecule has 2 aromatic heterocycles. The molecular weight excluding hydrogens is 265 g/mol. The van der Waals surface area contributed by atoms with Crippen LogP contribution >= 0.6 is 0 Å². The number of nitrogens with one attached hydrogen (secondary N) is 2. The molecule has 0 spiro atoms. The van der Waals surface area contributed by atoms with Crippen LogP contribution in [0.3, 0.4) is 0 Å². The van der Waals surface area contributed by atoms with Gasteiger partial charge in [0.15, 0.2) is 5.69 Å². The molecule has 2 heterocycles. The molecule has 3 N–H and O–H groups in total. The van der Waals surface area contributed by atoms with Gasteiger partial charge in [-0.3, -0.25) is 4.79 Å². The summed E-state index contributed by atoms with van der Waals surface area (Å²) in [6.07, 6.45) is 2.46. The van der Waals surface area contributed by atoms with Crippen molar-refractivity contribution in [3.63, 3.8) is 0 Å². The van der Waals surface area contributed by atoms with E-state index >= 15 is 0 Å². The average Bonchev–Trinajstić information content (AvgIpc) is 3.05. The number of halogens is 1. The summed E-state index contributed by atoms with van der Waals surface area (Å²) in [6, 6.07) is 4.37. The van der Waals surface area contributed by atoms with E-state index in [2.05, 4.69) is 15.0 Å². The Bertz CT molecular complexity index is 834. The molecule has 0 saturated heterocycles. The summed E-state index contributed by atoms with van der Waals surface area (Å²) >= 11 is 0. The minimum Gasteiger partial charge on any atom is -0.477 e. The van der Waals surface area contributed by atoms with Crippen LogP contribution in [0.1, 0.15) is 26.5 Å². The van der Waals surface area contributed by atoms with Crippen molar-refractivity contribution in [2.24, 2.45) is 0 Å². The molecule has 0 amide bonds. The zero-order valence-electron chi connectivity index (χ0n) is 9.98. The first-order valence-corrected chi connectivity index (χ1v) is 5.66. The van der Waals surface area contributed by atoms with Crippen LogP contribution in [-0.4, -0.2) is 31.8 Å². The maximum atomic E-state index is 13.8. The van der Waals surface area contributed by atoms with Crippen LogP contribution < -0.4 is 0 Å². The molecule has 3 aromatic rings. The largest absolute Gasteiger partial charge is 0.477 e. The average molecular weight is 273 g/mol. The molecule has 100 valence electrons. The van der Waals surface area contributed by atoms with Crippen molar-refractivity contribution in [3.05, 3.63) is 53.5 Å². The molecule has 0 atom stereocenters. The monoisotopic (exact) mass is 273 g/mol. The third-order valence-electron chi connectivity index (χ3n) is 2.97. The number of ketones is 1. The van der Waals surface area contributed by atoms with Crippen molar-refractivity contribution in [1.82, 2.24) is 15.0 Å². The highest BCUT2D eigenvalue weighted by Crippen LogP contribution is 2.24. The molecule has 0 aliphatic heterocycles. The lowest BCUT2D eigenvalue weighted by Gasteiger charge is -1.99. The highest BCUT2D eigenvalue weighted by molar-refractivity contribution is 6.18. The maximum absolute atomic E-state index is 13.8. The summed E-state index contributed by atoms with van der Waals surface area (Å²) in [5, 5.41) is 9.09. The molecule has 0 bridgehead atoms. The topological polar surface area (TPSA) is 98.8 Å². The quantitative estimate of drug-likeness (QED) is 0.635. The lowest BCUT2D eigenvalue weighted by Crippen LogP contribution is -2.09. The number of hydrogen-bond donors (Lipinski definition) is 3. The Kier molecular flexibility index (Phi) is 2.60. The fraction of sp³-hybridized carbons (Fsp3) is 0. The minimum absolute atomic E-state index is 0.0488. The van der Waals surface area contributed by atoms with Gasteiger partial charge in [-0.2, -0.15) is 0 Å². The van der Waals surface area contributed by atoms with E-state index in [1.165, 1.54) is 18.3 Å². The zero-order valence-corrected chi connectivity index (χ0v) is 9.98. The van der Waals surface area contributed by atoms with Crippen molar-refractivity contribution < 1.29 is 19.1 Å². The lowest BCUT2D eigenvalue weighted by molar-refractivity contribution is 0.0687. The van der Waals surface area contributed by atoms with Crippen LogP contribution in [-0.2, 0) is 0 Å². The Morgan fingerprint density at radius 1 is 1.25 bits per heavy atom. The highest BCUT2D eigenvalue weighted by Gasteiger charge is 2.24. The van der Waals surface area contributed by atoms with Crippen LogP contribution in [0.4, 0.5) is 4.39 Å². The van der Waals surface area contributed by atoms with Crippen molar-refractivity contribution in [2.45, 2.75) is 0 Å². The first-order valence-electron chi connectivity index (χ1n) is 5.66. The maximum Gasteiger partial charge on any atom is 0.354 e. The predicted molar refractivity (Wildman–Crippen MR) is 67.2 cm³/mol. The number of imidazole rings is 1. The number of aromatic carboxylic acids is 1. The SMILES string of the molecule is O=C(O)c1[nH]cnc1C(=O)c1c[nH]c2cccc(F)c12. The number of fused-ring (bicyclic) bond motifs is 1. The van der Waals surface area contributed by atoms with Gasteiger partial charge in [0.1, 0.15) is 11.5 Å². The van der Waals surface area contributed by atoms with Gasteiger partial charge in [-0.15, -0.1) is 0 Å². The van der Waals surface area contributed by atoms with E-state index in [1.807, 2.05) is 0 Å². The van der Waals surface area contributed by atoms with Gasteiger partial charge in [0.05, 0.1) is 11.9 Å². The normalized spacial score (nSPS) is 10.8. The molecule has 6 nitrogen and oxygen atoms in total. The molecular formula is C13H8FN3O3. The number of H-pyrrole nitrogens is 2. The molecule has 0 saturated carbocycles. The summed E-state index contributed by atoms with van der Waals surface area (Å²) in [6.45, 7) is 0. The number of benzene rings is 1. The summed E-state index contributed by atoms with van der Waals surface area (Å²) < 4.78 is 13.8. The highest BCUT2D eigenvalue weighted by atomic mass is 19.1. The van der Waals surface area contributed by atoms with Gasteiger partial charge in [-0.05, 0) is 12.1 Å². The number of carboxylic acid groups (broad SMARTS) is 1. The molecule has 20 heavy (non-hydrogen) atoms. The number of carboxylic acids is 1. The Labute approximate surface area is 111 Å². The summed E-state index contributed by atoms with van der Waals surface area (Å²) in [7, 11) is 0. The summed E-state index contributed by atoms with van der Waals surface area (Å²) in [5.74, 6) is -2.51. The van der Waals surface area contributed by atoms with Gasteiger partial charge in [0.25, 0.3) is 0 Å². The molecule has 7 heteroatoms. The molecule has 0 aliphatic rings. The Hall–Kier alpha value is -2.96. The van der Waals surface area contributed by atoms with Gasteiger partial charge in [-0.1, -0.05) is 6.07 Å². The van der Waals surface area contributed by atoms with Crippen molar-refractivity contribution in [2.75, 3.05) is 0 Å². The Balaban J connectivity index is 2.18. The van der Waals surface area contributed by atoms with Gasteiger partial charge >= 0.3 is 5.97 Å². The van der Waals surface area contributed by atoms with Crippen LogP contribution in [0.25, 0.3) is 10.9 Å². The van der Waals surface area contributed by atoms with Crippen molar-refractivity contribution in [3.8, 4) is 0 Å². The van der Waals surface area contributed by atoms with E-state index in [-0.39, 0.29) is 22.3 Å². The molecule has 0 unspecified atom stereocenters. The van der Waals surface area contributed by atoms with Crippen molar-refractivity contribution in [1.29, 1.82) is 0 Å². The second-order valence-electron chi connectivity index (χ2n) is 4.13. The predicted octanol–water partition coefficient (Wildman–Crippen LogP) is 1.96. The zero-order chi connectivity index (χ0) is 14.3. The van der Waals surface area contributed by atoms with E-state index in [0.29, 0.717) is 5.52 Å². The van der Waals surface area contributed by atoms with Crippen molar-refractivity contribution >= 4 is 22.7 Å². The summed E-state index contributed by atoms with van der Waals surface area (Å²) in [4.78, 5) is 32.2. The van der Waals surface area contributed by atoms with Gasteiger partial charge < -0.3 is 15.1 Å². The van der Waals surface area contributed by atoms with Crippen LogP contribution in [0.5, 0.6) is 0 Å². The first kappa shape index (κ1) is 12.1. The third-order valence-corrected chi connectivity index (χ3v) is 2.97. The van der Waals surface area contributed by atoms with E-state index in [1.54, 1.807) is 6.07 Å². The van der Waals surface area contributed by atoms with Gasteiger partial charge in [-0.25, -0.2) is 14.2 Å². The molecule has 0 radical (unpaired) electrons. The van der Waals surface area contributed by atoms with Crippen LogP contribution in [0.15, 0.2) is 30.7 Å². The number of hydrogen-bond acceptors (Lipinski definition) is 3. The van der Waals surface area contributed by atoms with E-state index in [0.717, 1.165) is 6.33 Å².